The Bertz CT molecular complexity index is 82.1. The monoisotopic (exact) mass is 119 g/mol. The molecule has 0 aromatic carbocycles. The van der Waals surface area contributed by atoms with Crippen molar-refractivity contribution < 1.29 is 10.2 Å². The van der Waals surface area contributed by atoms with Crippen molar-refractivity contribution in [1.82, 2.24) is 0 Å². The second-order valence-corrected chi connectivity index (χ2v) is 1.85. The molecule has 1 unspecified atom stereocenters. The van der Waals surface area contributed by atoms with E-state index in [1.54, 1.807) is 6.92 Å². The van der Waals surface area contributed by atoms with Gasteiger partial charge in [0.15, 0.2) is 0 Å². The third-order valence-corrected chi connectivity index (χ3v) is 0.977. The van der Waals surface area contributed by atoms with E-state index in [1.165, 1.54) is 5.34 Å². The Hall–Kier alpha value is -0.640. The lowest BCUT2D eigenvalue weighted by atomic mass is 10.2. The minimum atomic E-state index is -0.832. The maximum atomic E-state index is 9.55. The summed E-state index contributed by atoms with van der Waals surface area (Å²) in [5.41, 5.74) is 4.51. The SMILES string of the molecule is CCC(C)(N)O[NH+]=O. The van der Waals surface area contributed by atoms with Gasteiger partial charge in [-0.25, -0.2) is 4.84 Å². The van der Waals surface area contributed by atoms with Crippen molar-refractivity contribution >= 4 is 0 Å². The third kappa shape index (κ3) is 2.52. The van der Waals surface area contributed by atoms with Gasteiger partial charge in [0.2, 0.25) is 11.1 Å². The molecule has 0 aliphatic carbocycles. The highest BCUT2D eigenvalue weighted by molar-refractivity contribution is 4.58. The molecule has 0 saturated heterocycles. The van der Waals surface area contributed by atoms with Crippen LogP contribution in [0.3, 0.4) is 0 Å². The standard InChI is InChI=1S/C4H11N2O2/c1-3-4(2,5)8-6-7/h6H,3,5H2,1-2H3/q+1. The second-order valence-electron chi connectivity index (χ2n) is 1.85. The second kappa shape index (κ2) is 2.61. The van der Waals surface area contributed by atoms with Crippen molar-refractivity contribution in [2.75, 3.05) is 0 Å². The molecule has 8 heavy (non-hydrogen) atoms. The lowest BCUT2D eigenvalue weighted by molar-refractivity contribution is -0.792. The van der Waals surface area contributed by atoms with Gasteiger partial charge in [-0.1, -0.05) is 6.92 Å². The van der Waals surface area contributed by atoms with Crippen LogP contribution < -0.4 is 11.1 Å². The van der Waals surface area contributed by atoms with Crippen LogP contribution in [0.1, 0.15) is 20.3 Å². The molecular formula is C4H11N2O2+. The summed E-state index contributed by atoms with van der Waals surface area (Å²) < 4.78 is 0. The van der Waals surface area contributed by atoms with Gasteiger partial charge in [0, 0.05) is 6.42 Å². The summed E-state index contributed by atoms with van der Waals surface area (Å²) in [6.07, 6.45) is 0.599. The highest BCUT2D eigenvalue weighted by Gasteiger charge is 2.20. The van der Waals surface area contributed by atoms with Gasteiger partial charge in [0.25, 0.3) is 0 Å². The molecule has 0 heterocycles. The first kappa shape index (κ1) is 7.36. The zero-order chi connectivity index (χ0) is 6.62. The van der Waals surface area contributed by atoms with Crippen molar-refractivity contribution in [3.05, 3.63) is 4.91 Å². The van der Waals surface area contributed by atoms with Gasteiger partial charge in [-0.05, 0) is 6.92 Å². The first-order chi connectivity index (χ1) is 3.62. The van der Waals surface area contributed by atoms with E-state index in [-0.39, 0.29) is 0 Å². The predicted octanol–water partition coefficient (Wildman–Crippen LogP) is -1.15. The van der Waals surface area contributed by atoms with Crippen LogP contribution in [0.15, 0.2) is 0 Å². The molecule has 0 radical (unpaired) electrons. The summed E-state index contributed by atoms with van der Waals surface area (Å²) in [7, 11) is 0. The molecule has 0 rings (SSSR count). The number of nitrogens with one attached hydrogen (secondary N) is 1. The van der Waals surface area contributed by atoms with E-state index in [2.05, 4.69) is 4.84 Å². The van der Waals surface area contributed by atoms with Gasteiger partial charge in [0.05, 0.1) is 4.91 Å². The average Bonchev–Trinajstić information content (AvgIpc) is 1.67. The van der Waals surface area contributed by atoms with E-state index in [9.17, 15) is 4.91 Å². The Kier molecular flexibility index (Phi) is 2.41. The highest BCUT2D eigenvalue weighted by atomic mass is 16.7. The number of nitrogens with two attached hydrogens (primary N) is 1. The van der Waals surface area contributed by atoms with Crippen LogP contribution in [0.4, 0.5) is 0 Å². The molecule has 48 valence electrons. The van der Waals surface area contributed by atoms with E-state index < -0.39 is 5.72 Å². The van der Waals surface area contributed by atoms with E-state index in [0.717, 1.165) is 0 Å². The minimum Gasteiger partial charge on any atom is -0.288 e. The van der Waals surface area contributed by atoms with Crippen LogP contribution in [-0.2, 0) is 4.84 Å². The molecule has 4 nitrogen and oxygen atoms in total. The zero-order valence-corrected chi connectivity index (χ0v) is 5.10. The summed E-state index contributed by atoms with van der Waals surface area (Å²) >= 11 is 0. The summed E-state index contributed by atoms with van der Waals surface area (Å²) in [5, 5.41) is 1.28. The smallest absolute Gasteiger partial charge is 0.231 e. The maximum absolute atomic E-state index is 9.55. The number of hydrogen-bond acceptors (Lipinski definition) is 3. The van der Waals surface area contributed by atoms with Crippen molar-refractivity contribution in [2.24, 2.45) is 5.73 Å². The zero-order valence-electron chi connectivity index (χ0n) is 5.10. The number of hydrogen-bond donors (Lipinski definition) is 2. The fourth-order valence-corrected chi connectivity index (χ4v) is 0.167. The van der Waals surface area contributed by atoms with Crippen molar-refractivity contribution in [3.8, 4) is 0 Å². The molecule has 0 aromatic rings. The Morgan fingerprint density at radius 1 is 1.88 bits per heavy atom. The van der Waals surface area contributed by atoms with Crippen LogP contribution in [0.2, 0.25) is 0 Å². The van der Waals surface area contributed by atoms with E-state index in [4.69, 9.17) is 5.73 Å². The molecule has 0 saturated carbocycles. The Labute approximate surface area is 47.9 Å². The molecule has 0 fully saturated rings. The molecule has 1 atom stereocenters. The van der Waals surface area contributed by atoms with Gasteiger partial charge < -0.3 is 0 Å². The summed E-state index contributed by atoms with van der Waals surface area (Å²) in [6, 6.07) is 0. The average molecular weight is 119 g/mol. The summed E-state index contributed by atoms with van der Waals surface area (Å²) in [5.74, 6) is 0. The van der Waals surface area contributed by atoms with E-state index in [1.807, 2.05) is 6.92 Å². The van der Waals surface area contributed by atoms with E-state index >= 15 is 0 Å². The summed E-state index contributed by atoms with van der Waals surface area (Å²) in [6.45, 7) is 3.45. The largest absolute Gasteiger partial charge is 0.288 e. The van der Waals surface area contributed by atoms with Gasteiger partial charge in [-0.15, -0.1) is 0 Å². The van der Waals surface area contributed by atoms with Crippen molar-refractivity contribution in [2.45, 2.75) is 26.0 Å². The van der Waals surface area contributed by atoms with Gasteiger partial charge in [0.1, 0.15) is 0 Å². The molecule has 0 aliphatic rings. The summed E-state index contributed by atoms with van der Waals surface area (Å²) in [4.78, 5) is 13.9. The lowest BCUT2D eigenvalue weighted by Gasteiger charge is -2.11. The third-order valence-electron chi connectivity index (χ3n) is 0.977. The van der Waals surface area contributed by atoms with Crippen LogP contribution >= 0.6 is 0 Å². The first-order valence-electron chi connectivity index (χ1n) is 2.46. The molecule has 0 aliphatic heterocycles. The quantitative estimate of drug-likeness (QED) is 0.364. The Balaban J connectivity index is 3.53. The van der Waals surface area contributed by atoms with Crippen LogP contribution in [0.25, 0.3) is 0 Å². The molecule has 0 amide bonds. The molecular weight excluding hydrogens is 108 g/mol. The van der Waals surface area contributed by atoms with E-state index in [0.29, 0.717) is 6.42 Å². The molecule has 4 heteroatoms. The lowest BCUT2D eigenvalue weighted by Crippen LogP contribution is -2.70. The van der Waals surface area contributed by atoms with Crippen LogP contribution in [0.5, 0.6) is 0 Å². The fraction of sp³-hybridized carbons (Fsp3) is 1.00. The first-order valence-corrected chi connectivity index (χ1v) is 2.46. The van der Waals surface area contributed by atoms with Crippen LogP contribution in [0, 0.1) is 4.91 Å². The minimum absolute atomic E-state index is 0.599. The Morgan fingerprint density at radius 2 is 2.38 bits per heavy atom. The topological polar surface area (TPSA) is 66.3 Å². The molecule has 0 bridgehead atoms. The Morgan fingerprint density at radius 3 is 2.50 bits per heavy atom. The van der Waals surface area contributed by atoms with Crippen molar-refractivity contribution in [3.63, 3.8) is 0 Å². The maximum Gasteiger partial charge on any atom is 0.231 e. The van der Waals surface area contributed by atoms with Gasteiger partial charge in [-0.2, -0.15) is 0 Å². The fourth-order valence-electron chi connectivity index (χ4n) is 0.167. The molecule has 0 spiro atoms. The normalized spacial score (nSPS) is 16.9. The van der Waals surface area contributed by atoms with Gasteiger partial charge in [-0.3, -0.25) is 5.73 Å². The van der Waals surface area contributed by atoms with Crippen LogP contribution in [-0.4, -0.2) is 5.72 Å². The van der Waals surface area contributed by atoms with Crippen molar-refractivity contribution in [1.29, 1.82) is 0 Å². The molecule has 0 aromatic heterocycles. The van der Waals surface area contributed by atoms with Gasteiger partial charge >= 0.3 is 0 Å². The highest BCUT2D eigenvalue weighted by Crippen LogP contribution is 1.99. The number of rotatable bonds is 3. The predicted molar refractivity (Wildman–Crippen MR) is 28.3 cm³/mol. The molecule has 3 N–H and O–H groups in total.